The lowest BCUT2D eigenvalue weighted by Gasteiger charge is -2.26. The van der Waals surface area contributed by atoms with E-state index in [4.69, 9.17) is 4.74 Å². The van der Waals surface area contributed by atoms with Crippen LogP contribution in [0.15, 0.2) is 10.9 Å². The Morgan fingerprint density at radius 1 is 1.50 bits per heavy atom. The number of anilines is 1. The first-order chi connectivity index (χ1) is 9.69. The fraction of sp³-hybridized carbons (Fsp3) is 0.615. The smallest absolute Gasteiger partial charge is 0.252 e. The Kier molecular flexibility index (Phi) is 5.11. The zero-order chi connectivity index (χ0) is 14.4. The number of aryl methyl sites for hydroxylation is 1. The molecule has 2 N–H and O–H groups in total. The van der Waals surface area contributed by atoms with Crippen LogP contribution < -0.4 is 10.9 Å². The molecule has 20 heavy (non-hydrogen) atoms. The molecule has 0 unspecified atom stereocenters. The summed E-state index contributed by atoms with van der Waals surface area (Å²) in [5.41, 5.74) is -0.182. The van der Waals surface area contributed by atoms with Gasteiger partial charge in [-0.1, -0.05) is 6.92 Å². The van der Waals surface area contributed by atoms with Gasteiger partial charge in [0, 0.05) is 38.5 Å². The molecule has 0 bridgehead atoms. The third-order valence-corrected chi connectivity index (χ3v) is 3.13. The maximum atomic E-state index is 11.9. The Balaban J connectivity index is 1.81. The van der Waals surface area contributed by atoms with Gasteiger partial charge >= 0.3 is 0 Å². The Morgan fingerprint density at radius 3 is 2.95 bits per heavy atom. The van der Waals surface area contributed by atoms with Gasteiger partial charge in [0.1, 0.15) is 11.6 Å². The monoisotopic (exact) mass is 280 g/mol. The number of H-pyrrole nitrogens is 1. The van der Waals surface area contributed by atoms with Crippen LogP contribution in [0.25, 0.3) is 0 Å². The number of nitrogens with zero attached hydrogens (tertiary/aromatic N) is 2. The second kappa shape index (κ2) is 7.04. The van der Waals surface area contributed by atoms with Gasteiger partial charge in [-0.15, -0.1) is 0 Å². The molecule has 1 aromatic heterocycles. The molecule has 0 atom stereocenters. The van der Waals surface area contributed by atoms with Crippen molar-refractivity contribution in [3.63, 3.8) is 0 Å². The Labute approximate surface area is 117 Å². The number of aromatic nitrogens is 2. The predicted molar refractivity (Wildman–Crippen MR) is 74.7 cm³/mol. The van der Waals surface area contributed by atoms with Crippen LogP contribution in [-0.4, -0.2) is 53.6 Å². The average Bonchev–Trinajstić information content (AvgIpc) is 2.47. The highest BCUT2D eigenvalue weighted by Crippen LogP contribution is 2.02. The number of carbonyl (C=O) groups excluding carboxylic acids is 1. The summed E-state index contributed by atoms with van der Waals surface area (Å²) in [5, 5.41) is 3.02. The lowest BCUT2D eigenvalue weighted by atomic mass is 10.3. The molecule has 1 aliphatic rings. The largest absolute Gasteiger partial charge is 0.378 e. The second-order valence-electron chi connectivity index (χ2n) is 4.60. The van der Waals surface area contributed by atoms with Gasteiger partial charge in [-0.05, 0) is 0 Å². The summed E-state index contributed by atoms with van der Waals surface area (Å²) in [6.45, 7) is 4.91. The fourth-order valence-electron chi connectivity index (χ4n) is 2.03. The molecule has 7 nitrogen and oxygen atoms in total. The van der Waals surface area contributed by atoms with Gasteiger partial charge in [0.25, 0.3) is 5.56 Å². The third kappa shape index (κ3) is 4.06. The average molecular weight is 280 g/mol. The highest BCUT2D eigenvalue weighted by atomic mass is 16.5. The molecule has 0 aliphatic carbocycles. The first-order valence-corrected chi connectivity index (χ1v) is 6.88. The molecule has 0 spiro atoms. The van der Waals surface area contributed by atoms with Crippen molar-refractivity contribution in [3.8, 4) is 0 Å². The molecule has 1 amide bonds. The Morgan fingerprint density at radius 2 is 2.25 bits per heavy atom. The van der Waals surface area contributed by atoms with E-state index in [1.807, 2.05) is 6.92 Å². The van der Waals surface area contributed by atoms with Crippen molar-refractivity contribution in [2.75, 3.05) is 38.2 Å². The summed E-state index contributed by atoms with van der Waals surface area (Å²) >= 11 is 0. The Bertz CT molecular complexity index is 509. The number of rotatable bonds is 5. The van der Waals surface area contributed by atoms with E-state index < -0.39 is 0 Å². The van der Waals surface area contributed by atoms with E-state index in [1.165, 1.54) is 6.07 Å². The number of amides is 1. The Hall–Kier alpha value is -1.89. The van der Waals surface area contributed by atoms with Crippen LogP contribution in [0.2, 0.25) is 0 Å². The lowest BCUT2D eigenvalue weighted by molar-refractivity contribution is -0.134. The number of nitrogens with one attached hydrogen (secondary N) is 2. The minimum Gasteiger partial charge on any atom is -0.378 e. The maximum absolute atomic E-state index is 11.9. The van der Waals surface area contributed by atoms with Crippen LogP contribution in [0.5, 0.6) is 0 Å². The molecular weight excluding hydrogens is 260 g/mol. The summed E-state index contributed by atoms with van der Waals surface area (Å²) < 4.78 is 5.20. The van der Waals surface area contributed by atoms with Gasteiger partial charge in [0.05, 0.1) is 13.2 Å². The van der Waals surface area contributed by atoms with Gasteiger partial charge in [-0.3, -0.25) is 9.59 Å². The van der Waals surface area contributed by atoms with Crippen LogP contribution in [0.4, 0.5) is 5.82 Å². The third-order valence-electron chi connectivity index (χ3n) is 3.13. The molecule has 0 aromatic carbocycles. The molecule has 7 heteroatoms. The molecule has 1 fully saturated rings. The second-order valence-corrected chi connectivity index (χ2v) is 4.60. The zero-order valence-electron chi connectivity index (χ0n) is 11.6. The van der Waals surface area contributed by atoms with Crippen LogP contribution in [0.3, 0.4) is 0 Å². The summed E-state index contributed by atoms with van der Waals surface area (Å²) in [5.74, 6) is 1.25. The first kappa shape index (κ1) is 14.5. The van der Waals surface area contributed by atoms with Gasteiger partial charge in [0.15, 0.2) is 0 Å². The number of aromatic amines is 1. The predicted octanol–water partition coefficient (Wildman–Crippen LogP) is -0.00690. The number of hydrogen-bond donors (Lipinski definition) is 2. The van der Waals surface area contributed by atoms with Crippen LogP contribution in [0.1, 0.15) is 19.2 Å². The van der Waals surface area contributed by atoms with Crippen LogP contribution in [0, 0.1) is 0 Å². The number of carbonyl (C=O) groups is 1. The molecule has 110 valence electrons. The molecule has 1 aromatic rings. The summed E-state index contributed by atoms with van der Waals surface area (Å²) in [4.78, 5) is 32.0. The van der Waals surface area contributed by atoms with E-state index >= 15 is 0 Å². The molecule has 0 radical (unpaired) electrons. The lowest BCUT2D eigenvalue weighted by Crippen LogP contribution is -2.41. The first-order valence-electron chi connectivity index (χ1n) is 6.88. The molecule has 2 rings (SSSR count). The van der Waals surface area contributed by atoms with Gasteiger partial charge in [-0.25, -0.2) is 4.98 Å². The van der Waals surface area contributed by atoms with Crippen molar-refractivity contribution in [2.24, 2.45) is 0 Å². The minimum atomic E-state index is -0.182. The highest BCUT2D eigenvalue weighted by Gasteiger charge is 2.16. The van der Waals surface area contributed by atoms with Crippen molar-refractivity contribution >= 4 is 11.7 Å². The van der Waals surface area contributed by atoms with Gasteiger partial charge in [0.2, 0.25) is 5.91 Å². The highest BCUT2D eigenvalue weighted by molar-refractivity contribution is 5.76. The van der Waals surface area contributed by atoms with Gasteiger partial charge in [-0.2, -0.15) is 0 Å². The van der Waals surface area contributed by atoms with Crippen molar-refractivity contribution < 1.29 is 9.53 Å². The summed E-state index contributed by atoms with van der Waals surface area (Å²) in [7, 11) is 0. The molecule has 1 aliphatic heterocycles. The van der Waals surface area contributed by atoms with E-state index in [0.29, 0.717) is 57.3 Å². The van der Waals surface area contributed by atoms with Crippen molar-refractivity contribution in [1.29, 1.82) is 0 Å². The van der Waals surface area contributed by atoms with Crippen molar-refractivity contribution in [3.05, 3.63) is 22.2 Å². The normalized spacial score (nSPS) is 15.2. The molecule has 2 heterocycles. The summed E-state index contributed by atoms with van der Waals surface area (Å²) in [6, 6.07) is 1.40. The van der Waals surface area contributed by atoms with Crippen molar-refractivity contribution in [2.45, 2.75) is 19.8 Å². The van der Waals surface area contributed by atoms with E-state index in [2.05, 4.69) is 15.3 Å². The SMILES string of the molecule is CCc1nc(NCCC(=O)N2CCOCC2)cc(=O)[nH]1. The quantitative estimate of drug-likeness (QED) is 0.792. The molecule has 0 saturated carbocycles. The van der Waals surface area contributed by atoms with E-state index in [-0.39, 0.29) is 11.5 Å². The van der Waals surface area contributed by atoms with E-state index in [0.717, 1.165) is 0 Å². The van der Waals surface area contributed by atoms with E-state index in [9.17, 15) is 9.59 Å². The van der Waals surface area contributed by atoms with Crippen LogP contribution >= 0.6 is 0 Å². The van der Waals surface area contributed by atoms with E-state index in [1.54, 1.807) is 4.90 Å². The van der Waals surface area contributed by atoms with Crippen molar-refractivity contribution in [1.82, 2.24) is 14.9 Å². The number of hydrogen-bond acceptors (Lipinski definition) is 5. The standard InChI is InChI=1S/C13H20N4O3/c1-2-10-15-11(9-12(18)16-10)14-4-3-13(19)17-5-7-20-8-6-17/h9H,2-8H2,1H3,(H2,14,15,16,18). The number of ether oxygens (including phenoxy) is 1. The topological polar surface area (TPSA) is 87.3 Å². The molecule has 1 saturated heterocycles. The van der Waals surface area contributed by atoms with Crippen LogP contribution in [-0.2, 0) is 16.0 Å². The zero-order valence-corrected chi connectivity index (χ0v) is 11.6. The molecular formula is C13H20N4O3. The summed E-state index contributed by atoms with van der Waals surface area (Å²) in [6.07, 6.45) is 1.05. The minimum absolute atomic E-state index is 0.0985. The number of morpholine rings is 1. The maximum Gasteiger partial charge on any atom is 0.252 e. The van der Waals surface area contributed by atoms with Gasteiger partial charge < -0.3 is 19.9 Å². The fourth-order valence-corrected chi connectivity index (χ4v) is 2.03.